The molecule has 21 heavy (non-hydrogen) atoms. The SMILES string of the molecule is Cc1c(Br)cc(S(=O)(=O)Nc2cccnn2)cc1C(=O)O. The van der Waals surface area contributed by atoms with Crippen LogP contribution < -0.4 is 4.72 Å². The van der Waals surface area contributed by atoms with Crippen molar-refractivity contribution >= 4 is 37.7 Å². The minimum Gasteiger partial charge on any atom is -0.478 e. The summed E-state index contributed by atoms with van der Waals surface area (Å²) in [5, 5.41) is 16.3. The number of carboxylic acid groups (broad SMARTS) is 1. The highest BCUT2D eigenvalue weighted by atomic mass is 79.9. The molecule has 2 aromatic rings. The summed E-state index contributed by atoms with van der Waals surface area (Å²) in [4.78, 5) is 11.0. The van der Waals surface area contributed by atoms with E-state index in [1.165, 1.54) is 24.4 Å². The highest BCUT2D eigenvalue weighted by Crippen LogP contribution is 2.25. The van der Waals surface area contributed by atoms with Gasteiger partial charge in [0, 0.05) is 10.7 Å². The molecule has 0 aliphatic rings. The van der Waals surface area contributed by atoms with Gasteiger partial charge in [0.05, 0.1) is 10.5 Å². The summed E-state index contributed by atoms with van der Waals surface area (Å²) in [7, 11) is -3.95. The lowest BCUT2D eigenvalue weighted by molar-refractivity contribution is 0.0695. The maximum absolute atomic E-state index is 12.2. The molecule has 0 atom stereocenters. The van der Waals surface area contributed by atoms with Gasteiger partial charge in [-0.25, -0.2) is 13.2 Å². The van der Waals surface area contributed by atoms with E-state index in [0.29, 0.717) is 10.0 Å². The van der Waals surface area contributed by atoms with Gasteiger partial charge in [-0.15, -0.1) is 5.10 Å². The maximum Gasteiger partial charge on any atom is 0.336 e. The van der Waals surface area contributed by atoms with Crippen LogP contribution in [0.5, 0.6) is 0 Å². The highest BCUT2D eigenvalue weighted by Gasteiger charge is 2.20. The summed E-state index contributed by atoms with van der Waals surface area (Å²) in [5.74, 6) is -1.16. The van der Waals surface area contributed by atoms with Crippen molar-refractivity contribution in [1.29, 1.82) is 0 Å². The van der Waals surface area contributed by atoms with Crippen molar-refractivity contribution in [2.45, 2.75) is 11.8 Å². The monoisotopic (exact) mass is 371 g/mol. The van der Waals surface area contributed by atoms with Crippen molar-refractivity contribution in [2.24, 2.45) is 0 Å². The number of anilines is 1. The number of aromatic nitrogens is 2. The Hall–Kier alpha value is -2.00. The smallest absolute Gasteiger partial charge is 0.336 e. The lowest BCUT2D eigenvalue weighted by atomic mass is 10.1. The predicted molar refractivity (Wildman–Crippen MR) is 78.7 cm³/mol. The first-order valence-corrected chi connectivity index (χ1v) is 7.93. The van der Waals surface area contributed by atoms with Gasteiger partial charge in [-0.1, -0.05) is 15.9 Å². The summed E-state index contributed by atoms with van der Waals surface area (Å²) < 4.78 is 27.1. The van der Waals surface area contributed by atoms with Crippen LogP contribution in [0.2, 0.25) is 0 Å². The van der Waals surface area contributed by atoms with Crippen molar-refractivity contribution in [3.05, 3.63) is 46.1 Å². The highest BCUT2D eigenvalue weighted by molar-refractivity contribution is 9.10. The van der Waals surface area contributed by atoms with Crippen molar-refractivity contribution in [1.82, 2.24) is 10.2 Å². The Morgan fingerprint density at radius 3 is 2.67 bits per heavy atom. The van der Waals surface area contributed by atoms with E-state index in [2.05, 4.69) is 30.8 Å². The fourth-order valence-electron chi connectivity index (χ4n) is 1.58. The minimum absolute atomic E-state index is 0.0473. The van der Waals surface area contributed by atoms with E-state index in [1.54, 1.807) is 6.92 Å². The fraction of sp³-hybridized carbons (Fsp3) is 0.0833. The Morgan fingerprint density at radius 1 is 1.38 bits per heavy atom. The van der Waals surface area contributed by atoms with E-state index >= 15 is 0 Å². The quantitative estimate of drug-likeness (QED) is 0.850. The van der Waals surface area contributed by atoms with Crippen LogP contribution >= 0.6 is 15.9 Å². The van der Waals surface area contributed by atoms with Gasteiger partial charge >= 0.3 is 5.97 Å². The van der Waals surface area contributed by atoms with Crippen molar-refractivity contribution in [3.63, 3.8) is 0 Å². The predicted octanol–water partition coefficient (Wildman–Crippen LogP) is 2.05. The molecule has 1 heterocycles. The number of nitrogens with one attached hydrogen (secondary N) is 1. The number of carboxylic acids is 1. The van der Waals surface area contributed by atoms with Crippen molar-refractivity contribution in [2.75, 3.05) is 4.72 Å². The molecular weight excluding hydrogens is 362 g/mol. The summed E-state index contributed by atoms with van der Waals surface area (Å²) in [6.07, 6.45) is 1.41. The first-order valence-electron chi connectivity index (χ1n) is 5.65. The summed E-state index contributed by atoms with van der Waals surface area (Å²) >= 11 is 3.16. The number of benzene rings is 1. The molecule has 0 amide bonds. The Labute approximate surface area is 129 Å². The zero-order valence-corrected chi connectivity index (χ0v) is 13.1. The molecule has 1 aromatic carbocycles. The van der Waals surface area contributed by atoms with Crippen molar-refractivity contribution < 1.29 is 18.3 Å². The molecule has 9 heteroatoms. The van der Waals surface area contributed by atoms with E-state index < -0.39 is 16.0 Å². The Kier molecular flexibility index (Phi) is 4.24. The lowest BCUT2D eigenvalue weighted by Gasteiger charge is -2.10. The molecule has 0 radical (unpaired) electrons. The number of aromatic carboxylic acids is 1. The van der Waals surface area contributed by atoms with Crippen LogP contribution in [0, 0.1) is 6.92 Å². The summed E-state index contributed by atoms with van der Waals surface area (Å²) in [5.41, 5.74) is 0.352. The fourth-order valence-corrected chi connectivity index (χ4v) is 3.24. The molecule has 2 rings (SSSR count). The zero-order valence-electron chi connectivity index (χ0n) is 10.7. The number of sulfonamides is 1. The Morgan fingerprint density at radius 2 is 2.10 bits per heavy atom. The van der Waals surface area contributed by atoms with Gasteiger partial charge in [0.1, 0.15) is 0 Å². The topological polar surface area (TPSA) is 109 Å². The maximum atomic E-state index is 12.2. The Bertz CT molecular complexity index is 794. The van der Waals surface area contributed by atoms with Crippen molar-refractivity contribution in [3.8, 4) is 0 Å². The summed E-state index contributed by atoms with van der Waals surface area (Å²) in [6.45, 7) is 1.58. The first-order chi connectivity index (χ1) is 9.81. The average Bonchev–Trinajstić information content (AvgIpc) is 2.41. The van der Waals surface area contributed by atoms with Crippen LogP contribution in [0.4, 0.5) is 5.82 Å². The van der Waals surface area contributed by atoms with Crippen LogP contribution in [0.3, 0.4) is 0 Å². The van der Waals surface area contributed by atoms with E-state index in [0.717, 1.165) is 6.07 Å². The zero-order chi connectivity index (χ0) is 15.6. The van der Waals surface area contributed by atoms with Gasteiger partial charge in [-0.2, -0.15) is 5.10 Å². The molecule has 0 spiro atoms. The lowest BCUT2D eigenvalue weighted by Crippen LogP contribution is -2.15. The number of rotatable bonds is 4. The van der Waals surface area contributed by atoms with Crippen LogP contribution in [-0.2, 0) is 10.0 Å². The molecule has 0 saturated heterocycles. The molecular formula is C12H10BrN3O4S. The van der Waals surface area contributed by atoms with E-state index in [1.807, 2.05) is 0 Å². The molecule has 0 unspecified atom stereocenters. The molecule has 0 aliphatic carbocycles. The van der Waals surface area contributed by atoms with Gasteiger partial charge in [-0.05, 0) is 36.8 Å². The van der Waals surface area contributed by atoms with E-state index in [4.69, 9.17) is 5.11 Å². The normalized spacial score (nSPS) is 11.1. The first kappa shape index (κ1) is 15.4. The van der Waals surface area contributed by atoms with Crippen LogP contribution in [0.1, 0.15) is 15.9 Å². The number of hydrogen-bond donors (Lipinski definition) is 2. The Balaban J connectivity index is 2.48. The standard InChI is InChI=1S/C12H10BrN3O4S/c1-7-9(12(17)18)5-8(6-10(7)13)21(19,20)16-11-3-2-4-14-15-11/h2-6H,1H3,(H,15,16)(H,17,18). The molecule has 0 fully saturated rings. The molecule has 2 N–H and O–H groups in total. The molecule has 110 valence electrons. The third-order valence-corrected chi connectivity index (χ3v) is 4.83. The summed E-state index contributed by atoms with van der Waals surface area (Å²) in [6, 6.07) is 5.39. The molecule has 1 aromatic heterocycles. The van der Waals surface area contributed by atoms with E-state index in [-0.39, 0.29) is 16.3 Å². The van der Waals surface area contributed by atoms with Gasteiger partial charge in [-0.3, -0.25) is 4.72 Å². The molecule has 7 nitrogen and oxygen atoms in total. The number of halogens is 1. The number of nitrogens with zero attached hydrogens (tertiary/aromatic N) is 2. The van der Waals surface area contributed by atoms with Crippen LogP contribution in [0.25, 0.3) is 0 Å². The largest absolute Gasteiger partial charge is 0.478 e. The third-order valence-electron chi connectivity index (χ3n) is 2.67. The minimum atomic E-state index is -3.95. The van der Waals surface area contributed by atoms with Gasteiger partial charge in [0.25, 0.3) is 10.0 Å². The molecule has 0 aliphatic heterocycles. The second kappa shape index (κ2) is 5.78. The van der Waals surface area contributed by atoms with E-state index in [9.17, 15) is 13.2 Å². The van der Waals surface area contributed by atoms with Crippen LogP contribution in [-0.4, -0.2) is 29.7 Å². The second-order valence-electron chi connectivity index (χ2n) is 4.10. The second-order valence-corrected chi connectivity index (χ2v) is 6.63. The number of hydrogen-bond acceptors (Lipinski definition) is 5. The van der Waals surface area contributed by atoms with Gasteiger partial charge in [0.2, 0.25) is 0 Å². The third kappa shape index (κ3) is 3.37. The average molecular weight is 372 g/mol. The van der Waals surface area contributed by atoms with Gasteiger partial charge < -0.3 is 5.11 Å². The van der Waals surface area contributed by atoms with Gasteiger partial charge in [0.15, 0.2) is 5.82 Å². The van der Waals surface area contributed by atoms with Crippen LogP contribution in [0.15, 0.2) is 39.8 Å². The number of carbonyl (C=O) groups is 1. The molecule has 0 saturated carbocycles. The molecule has 0 bridgehead atoms.